The number of guanidine groups is 1. The van der Waals surface area contributed by atoms with E-state index in [2.05, 4.69) is 49.3 Å². The van der Waals surface area contributed by atoms with Crippen molar-refractivity contribution < 1.29 is 0 Å². The van der Waals surface area contributed by atoms with Crippen LogP contribution in [0.5, 0.6) is 0 Å². The molecule has 0 aromatic heterocycles. The molecule has 1 aromatic carbocycles. The summed E-state index contributed by atoms with van der Waals surface area (Å²) in [7, 11) is 0. The minimum absolute atomic E-state index is 0.139. The van der Waals surface area contributed by atoms with Crippen molar-refractivity contribution in [2.45, 2.75) is 26.3 Å². The second-order valence-corrected chi connectivity index (χ2v) is 4.48. The maximum atomic E-state index is 5.67. The Labute approximate surface area is 90.4 Å². The lowest BCUT2D eigenvalue weighted by molar-refractivity contribution is 0.477. The van der Waals surface area contributed by atoms with Crippen LogP contribution in [0, 0.1) is 13.8 Å². The average Bonchev–Trinajstić information content (AvgIpc) is 2.52. The van der Waals surface area contributed by atoms with Crippen molar-refractivity contribution in [3.05, 3.63) is 34.9 Å². The summed E-state index contributed by atoms with van der Waals surface area (Å²) >= 11 is 0. The van der Waals surface area contributed by atoms with Crippen LogP contribution in [0.15, 0.2) is 23.2 Å². The Morgan fingerprint density at radius 1 is 1.40 bits per heavy atom. The Hall–Kier alpha value is -1.51. The molecule has 0 fully saturated rings. The van der Waals surface area contributed by atoms with Crippen molar-refractivity contribution >= 4 is 5.96 Å². The summed E-state index contributed by atoms with van der Waals surface area (Å²) in [5, 5.41) is 3.24. The molecule has 0 spiro atoms. The van der Waals surface area contributed by atoms with Crippen molar-refractivity contribution in [3.8, 4) is 0 Å². The van der Waals surface area contributed by atoms with Crippen LogP contribution in [0.3, 0.4) is 0 Å². The summed E-state index contributed by atoms with van der Waals surface area (Å²) < 4.78 is 0. The van der Waals surface area contributed by atoms with Gasteiger partial charge in [-0.3, -0.25) is 4.99 Å². The fourth-order valence-electron chi connectivity index (χ4n) is 2.09. The molecule has 80 valence electrons. The van der Waals surface area contributed by atoms with E-state index >= 15 is 0 Å². The van der Waals surface area contributed by atoms with E-state index in [4.69, 9.17) is 5.73 Å². The molecular weight excluding hydrogens is 186 g/mol. The molecule has 15 heavy (non-hydrogen) atoms. The molecule has 0 bridgehead atoms. The number of rotatable bonds is 1. The highest BCUT2D eigenvalue weighted by Crippen LogP contribution is 2.27. The first-order valence-electron chi connectivity index (χ1n) is 5.17. The third kappa shape index (κ3) is 1.69. The highest BCUT2D eigenvalue weighted by molar-refractivity contribution is 5.81. The lowest BCUT2D eigenvalue weighted by Gasteiger charge is -2.27. The number of aryl methyl sites for hydroxylation is 2. The Kier molecular flexibility index (Phi) is 2.18. The first kappa shape index (κ1) is 10.0. The Morgan fingerprint density at radius 3 is 2.73 bits per heavy atom. The van der Waals surface area contributed by atoms with Gasteiger partial charge in [-0.15, -0.1) is 0 Å². The van der Waals surface area contributed by atoms with Gasteiger partial charge in [0, 0.05) is 0 Å². The Balaban J connectivity index is 2.42. The van der Waals surface area contributed by atoms with Gasteiger partial charge in [0.1, 0.15) is 0 Å². The van der Waals surface area contributed by atoms with Crippen molar-refractivity contribution in [1.82, 2.24) is 5.32 Å². The fourth-order valence-corrected chi connectivity index (χ4v) is 2.09. The number of nitrogens with two attached hydrogens (primary N) is 1. The predicted octanol–water partition coefficient (Wildman–Crippen LogP) is 1.44. The number of benzene rings is 1. The van der Waals surface area contributed by atoms with Gasteiger partial charge in [0.05, 0.1) is 12.1 Å². The van der Waals surface area contributed by atoms with E-state index in [0.717, 1.165) is 0 Å². The lowest BCUT2D eigenvalue weighted by atomic mass is 9.88. The summed E-state index contributed by atoms with van der Waals surface area (Å²) in [6, 6.07) is 6.48. The molecule has 0 saturated heterocycles. The van der Waals surface area contributed by atoms with Gasteiger partial charge in [0.15, 0.2) is 5.96 Å². The molecule has 3 N–H and O–H groups in total. The van der Waals surface area contributed by atoms with Gasteiger partial charge in [-0.2, -0.15) is 0 Å². The van der Waals surface area contributed by atoms with Crippen molar-refractivity contribution in [1.29, 1.82) is 0 Å². The van der Waals surface area contributed by atoms with E-state index in [0.29, 0.717) is 12.5 Å². The highest BCUT2D eigenvalue weighted by Gasteiger charge is 2.32. The van der Waals surface area contributed by atoms with Crippen molar-refractivity contribution in [2.75, 3.05) is 6.54 Å². The largest absolute Gasteiger partial charge is 0.370 e. The summed E-state index contributed by atoms with van der Waals surface area (Å²) in [6.07, 6.45) is 0. The number of hydrogen-bond donors (Lipinski definition) is 2. The minimum Gasteiger partial charge on any atom is -0.370 e. The standard InChI is InChI=1S/C12H17N3/c1-8-4-5-9(2)10(6-8)12(3)7-14-11(13)15-12/h4-6H,7H2,1-3H3,(H3,13,14,15). The molecule has 1 unspecified atom stereocenters. The van der Waals surface area contributed by atoms with Gasteiger partial charge < -0.3 is 11.1 Å². The normalized spacial score (nSPS) is 24.9. The summed E-state index contributed by atoms with van der Waals surface area (Å²) in [6.45, 7) is 7.07. The Bertz CT molecular complexity index is 423. The van der Waals surface area contributed by atoms with Crippen LogP contribution in [0.1, 0.15) is 23.6 Å². The predicted molar refractivity (Wildman–Crippen MR) is 62.9 cm³/mol. The van der Waals surface area contributed by atoms with Gasteiger partial charge in [-0.05, 0) is 31.9 Å². The second-order valence-electron chi connectivity index (χ2n) is 4.48. The van der Waals surface area contributed by atoms with Crippen LogP contribution < -0.4 is 11.1 Å². The molecule has 3 heteroatoms. The molecular formula is C12H17N3. The summed E-state index contributed by atoms with van der Waals surface area (Å²) in [5.41, 5.74) is 9.37. The van der Waals surface area contributed by atoms with Crippen molar-refractivity contribution in [3.63, 3.8) is 0 Å². The number of aliphatic imine (C=N–C) groups is 1. The van der Waals surface area contributed by atoms with E-state index in [-0.39, 0.29) is 5.54 Å². The molecule has 0 radical (unpaired) electrons. The maximum absolute atomic E-state index is 5.67. The molecule has 1 heterocycles. The summed E-state index contributed by atoms with van der Waals surface area (Å²) in [5.74, 6) is 0.540. The maximum Gasteiger partial charge on any atom is 0.189 e. The molecule has 0 amide bonds. The zero-order valence-electron chi connectivity index (χ0n) is 9.46. The van der Waals surface area contributed by atoms with E-state index < -0.39 is 0 Å². The van der Waals surface area contributed by atoms with E-state index in [1.54, 1.807) is 0 Å². The van der Waals surface area contributed by atoms with Gasteiger partial charge in [0.2, 0.25) is 0 Å². The highest BCUT2D eigenvalue weighted by atomic mass is 15.2. The second kappa shape index (κ2) is 3.26. The van der Waals surface area contributed by atoms with Gasteiger partial charge in [0.25, 0.3) is 0 Å². The molecule has 0 aliphatic carbocycles. The SMILES string of the molecule is Cc1ccc(C)c(C2(C)CN=C(N)N2)c1. The van der Waals surface area contributed by atoms with Gasteiger partial charge in [-0.25, -0.2) is 0 Å². The molecule has 2 rings (SSSR count). The van der Waals surface area contributed by atoms with Crippen LogP contribution >= 0.6 is 0 Å². The van der Waals surface area contributed by atoms with Crippen LogP contribution in [-0.4, -0.2) is 12.5 Å². The first-order chi connectivity index (χ1) is 7.01. The Morgan fingerprint density at radius 2 is 2.13 bits per heavy atom. The number of nitrogens with zero attached hydrogens (tertiary/aromatic N) is 1. The molecule has 3 nitrogen and oxygen atoms in total. The average molecular weight is 203 g/mol. The summed E-state index contributed by atoms with van der Waals surface area (Å²) in [4.78, 5) is 4.22. The minimum atomic E-state index is -0.139. The van der Waals surface area contributed by atoms with E-state index in [9.17, 15) is 0 Å². The molecule has 0 saturated carbocycles. The third-order valence-electron chi connectivity index (χ3n) is 2.96. The van der Waals surface area contributed by atoms with Crippen molar-refractivity contribution in [2.24, 2.45) is 10.7 Å². The van der Waals surface area contributed by atoms with Gasteiger partial charge >= 0.3 is 0 Å². The molecule has 1 aromatic rings. The van der Waals surface area contributed by atoms with E-state index in [1.807, 2.05) is 0 Å². The van der Waals surface area contributed by atoms with E-state index in [1.165, 1.54) is 16.7 Å². The molecule has 1 atom stereocenters. The van der Waals surface area contributed by atoms with Crippen LogP contribution in [0.4, 0.5) is 0 Å². The zero-order valence-corrected chi connectivity index (χ0v) is 9.46. The number of nitrogens with one attached hydrogen (secondary N) is 1. The quantitative estimate of drug-likeness (QED) is 0.725. The van der Waals surface area contributed by atoms with Crippen LogP contribution in [0.2, 0.25) is 0 Å². The molecule has 1 aliphatic heterocycles. The monoisotopic (exact) mass is 203 g/mol. The van der Waals surface area contributed by atoms with Gasteiger partial charge in [-0.1, -0.05) is 23.8 Å². The first-order valence-corrected chi connectivity index (χ1v) is 5.17. The lowest BCUT2D eigenvalue weighted by Crippen LogP contribution is -2.43. The topological polar surface area (TPSA) is 50.4 Å². The molecule has 1 aliphatic rings. The third-order valence-corrected chi connectivity index (χ3v) is 2.96. The van der Waals surface area contributed by atoms with Crippen LogP contribution in [0.25, 0.3) is 0 Å². The number of hydrogen-bond acceptors (Lipinski definition) is 3. The van der Waals surface area contributed by atoms with Crippen LogP contribution in [-0.2, 0) is 5.54 Å². The zero-order chi connectivity index (χ0) is 11.1. The smallest absolute Gasteiger partial charge is 0.189 e. The fraction of sp³-hybridized carbons (Fsp3) is 0.417.